The van der Waals surface area contributed by atoms with E-state index in [1.807, 2.05) is 0 Å². The number of nitrogens with one attached hydrogen (secondary N) is 2. The van der Waals surface area contributed by atoms with Crippen LogP contribution in [0.1, 0.15) is 59.5 Å². The number of hydrogen-bond donors (Lipinski definition) is 4. The number of aliphatic carboxylic acids is 2. The molecule has 1 heterocycles. The summed E-state index contributed by atoms with van der Waals surface area (Å²) in [6, 6.07) is 15.5. The second-order valence-electron chi connectivity index (χ2n) is 12.1. The van der Waals surface area contributed by atoms with Crippen LogP contribution in [0.15, 0.2) is 78.9 Å². The van der Waals surface area contributed by atoms with Gasteiger partial charge in [0, 0.05) is 12.0 Å². The Morgan fingerprint density at radius 1 is 0.840 bits per heavy atom. The summed E-state index contributed by atoms with van der Waals surface area (Å²) in [5, 5.41) is 23.8. The molecule has 0 aromatic heterocycles. The van der Waals surface area contributed by atoms with Gasteiger partial charge in [-0.25, -0.2) is 19.2 Å². The minimum atomic E-state index is -1.39. The maximum absolute atomic E-state index is 12.9. The first kappa shape index (κ1) is 36.6. The number of carboxylic acids is 2. The molecule has 50 heavy (non-hydrogen) atoms. The van der Waals surface area contributed by atoms with Crippen LogP contribution < -0.4 is 20.1 Å². The molecule has 3 aromatic rings. The van der Waals surface area contributed by atoms with Crippen LogP contribution in [0.4, 0.5) is 4.79 Å². The van der Waals surface area contributed by atoms with Crippen molar-refractivity contribution in [2.45, 2.75) is 50.9 Å². The van der Waals surface area contributed by atoms with E-state index < -0.39 is 65.3 Å². The largest absolute Gasteiger partial charge is 0.494 e. The maximum atomic E-state index is 12.9. The van der Waals surface area contributed by atoms with Gasteiger partial charge in [0.2, 0.25) is 11.7 Å². The molecule has 3 unspecified atom stereocenters. The molecule has 4 rings (SSSR count). The number of β-lactam (4-membered cyclic amide) rings is 1. The molecular formula is C35H35N3O12. The lowest BCUT2D eigenvalue weighted by molar-refractivity contribution is -0.160. The van der Waals surface area contributed by atoms with Crippen molar-refractivity contribution in [2.24, 2.45) is 0 Å². The van der Waals surface area contributed by atoms with Crippen molar-refractivity contribution in [3.63, 3.8) is 0 Å². The lowest BCUT2D eigenvalue weighted by atomic mass is 9.98. The molecule has 3 amide bonds. The van der Waals surface area contributed by atoms with Crippen LogP contribution in [-0.2, 0) is 23.9 Å². The summed E-state index contributed by atoms with van der Waals surface area (Å²) in [6.07, 6.45) is -0.984. The molecule has 3 aromatic carbocycles. The molecule has 0 spiro atoms. The third kappa shape index (κ3) is 9.65. The number of carbonyl (C=O) groups excluding carboxylic acids is 5. The van der Waals surface area contributed by atoms with Crippen molar-refractivity contribution in [1.29, 1.82) is 0 Å². The molecule has 1 fully saturated rings. The van der Waals surface area contributed by atoms with Crippen molar-refractivity contribution < 1.29 is 58.0 Å². The van der Waals surface area contributed by atoms with E-state index in [1.54, 1.807) is 51.1 Å². The minimum absolute atomic E-state index is 0.0232. The number of nitrogens with zero attached hydrogens (tertiary/aromatic N) is 1. The summed E-state index contributed by atoms with van der Waals surface area (Å²) in [5.74, 6) is -5.51. The van der Waals surface area contributed by atoms with Crippen LogP contribution in [-0.4, -0.2) is 87.5 Å². The summed E-state index contributed by atoms with van der Waals surface area (Å²) < 4.78 is 15.9. The van der Waals surface area contributed by atoms with Crippen LogP contribution >= 0.6 is 0 Å². The Hall–Kier alpha value is -6.25. The standard InChI is InChI=1S/C35H35N3O12/c1-35(2,3)50-34(47)37-25(31(42)43)17-18-48-23-13-11-21(12-14-23)28(39)29(40)36-26-19-38(30(26)41)27(32(44)45)20-9-15-24(16-10-20)49-33(46)22-7-5-4-6-8-22/h4-16,25-27H,17-19H2,1-3H3,(H,36,40)(H,37,47)(H,42,43)(H,44,45). The highest BCUT2D eigenvalue weighted by Gasteiger charge is 2.45. The van der Waals surface area contributed by atoms with Gasteiger partial charge in [-0.15, -0.1) is 0 Å². The van der Waals surface area contributed by atoms with E-state index in [4.69, 9.17) is 14.2 Å². The molecule has 4 N–H and O–H groups in total. The molecular weight excluding hydrogens is 654 g/mol. The van der Waals surface area contributed by atoms with Crippen LogP contribution in [0, 0.1) is 0 Å². The fourth-order valence-corrected chi connectivity index (χ4v) is 4.77. The summed E-state index contributed by atoms with van der Waals surface area (Å²) >= 11 is 0. The van der Waals surface area contributed by atoms with Crippen LogP contribution in [0.25, 0.3) is 0 Å². The third-order valence-corrected chi connectivity index (χ3v) is 7.21. The lowest BCUT2D eigenvalue weighted by Crippen LogP contribution is -2.66. The number of benzene rings is 3. The monoisotopic (exact) mass is 689 g/mol. The van der Waals surface area contributed by atoms with Crippen LogP contribution in [0.2, 0.25) is 0 Å². The van der Waals surface area contributed by atoms with E-state index in [0.29, 0.717) is 5.56 Å². The first-order valence-corrected chi connectivity index (χ1v) is 15.3. The summed E-state index contributed by atoms with van der Waals surface area (Å²) in [7, 11) is 0. The average molecular weight is 690 g/mol. The van der Waals surface area contributed by atoms with E-state index in [9.17, 15) is 43.8 Å². The van der Waals surface area contributed by atoms with Crippen molar-refractivity contribution in [3.8, 4) is 11.5 Å². The third-order valence-electron chi connectivity index (χ3n) is 7.21. The predicted molar refractivity (Wildman–Crippen MR) is 174 cm³/mol. The van der Waals surface area contributed by atoms with Crippen molar-refractivity contribution in [2.75, 3.05) is 13.2 Å². The molecule has 15 nitrogen and oxygen atoms in total. The average Bonchev–Trinajstić information content (AvgIpc) is 3.07. The van der Waals surface area contributed by atoms with Gasteiger partial charge in [-0.2, -0.15) is 0 Å². The fraction of sp³-hybridized carbons (Fsp3) is 0.286. The minimum Gasteiger partial charge on any atom is -0.494 e. The van der Waals surface area contributed by atoms with E-state index in [1.165, 1.54) is 48.5 Å². The van der Waals surface area contributed by atoms with Crippen molar-refractivity contribution in [1.82, 2.24) is 15.5 Å². The van der Waals surface area contributed by atoms with Crippen LogP contribution in [0.5, 0.6) is 11.5 Å². The Morgan fingerprint density at radius 3 is 2.02 bits per heavy atom. The number of amides is 3. The zero-order valence-electron chi connectivity index (χ0n) is 27.3. The van der Waals surface area contributed by atoms with Gasteiger partial charge < -0.3 is 40.0 Å². The second-order valence-corrected chi connectivity index (χ2v) is 12.1. The molecule has 262 valence electrons. The van der Waals surface area contributed by atoms with E-state index in [-0.39, 0.29) is 42.2 Å². The number of Topliss-reactive ketones (excluding diaryl/α,β-unsaturated/α-hetero) is 1. The zero-order chi connectivity index (χ0) is 36.6. The topological polar surface area (TPSA) is 215 Å². The van der Waals surface area contributed by atoms with E-state index >= 15 is 0 Å². The summed E-state index contributed by atoms with van der Waals surface area (Å²) in [6.45, 7) is 4.63. The molecule has 3 atom stereocenters. The zero-order valence-corrected chi connectivity index (χ0v) is 27.3. The van der Waals surface area contributed by atoms with Gasteiger partial charge in [-0.1, -0.05) is 30.3 Å². The molecule has 1 saturated heterocycles. The first-order valence-electron chi connectivity index (χ1n) is 15.3. The van der Waals surface area contributed by atoms with Gasteiger partial charge >= 0.3 is 24.0 Å². The number of alkyl carbamates (subject to hydrolysis) is 1. The number of rotatable bonds is 14. The quantitative estimate of drug-likeness (QED) is 0.0632. The van der Waals surface area contributed by atoms with Crippen LogP contribution in [0.3, 0.4) is 0 Å². The Bertz CT molecular complexity index is 1750. The Balaban J connectivity index is 1.26. The summed E-state index contributed by atoms with van der Waals surface area (Å²) in [5.41, 5.74) is -0.273. The number of carbonyl (C=O) groups is 7. The number of ether oxygens (including phenoxy) is 3. The number of likely N-dealkylation sites (tertiary alicyclic amines) is 1. The highest BCUT2D eigenvalue weighted by Crippen LogP contribution is 2.29. The van der Waals surface area contributed by atoms with E-state index in [0.717, 1.165) is 4.90 Å². The Morgan fingerprint density at radius 2 is 1.46 bits per heavy atom. The molecule has 1 aliphatic heterocycles. The van der Waals surface area contributed by atoms with Gasteiger partial charge in [0.1, 0.15) is 29.2 Å². The smallest absolute Gasteiger partial charge is 0.408 e. The van der Waals surface area contributed by atoms with Gasteiger partial charge in [-0.3, -0.25) is 14.4 Å². The van der Waals surface area contributed by atoms with E-state index in [2.05, 4.69) is 10.6 Å². The molecule has 0 radical (unpaired) electrons. The number of hydrogen-bond acceptors (Lipinski definition) is 10. The molecule has 0 bridgehead atoms. The van der Waals surface area contributed by atoms with Crippen molar-refractivity contribution in [3.05, 3.63) is 95.6 Å². The van der Waals surface area contributed by atoms with Gasteiger partial charge in [-0.05, 0) is 74.9 Å². The first-order chi connectivity index (χ1) is 23.6. The van der Waals surface area contributed by atoms with Crippen molar-refractivity contribution >= 4 is 41.6 Å². The fourth-order valence-electron chi connectivity index (χ4n) is 4.77. The highest BCUT2D eigenvalue weighted by molar-refractivity contribution is 6.43. The number of carboxylic acid groups (broad SMARTS) is 2. The lowest BCUT2D eigenvalue weighted by Gasteiger charge is -2.42. The van der Waals surface area contributed by atoms with Gasteiger partial charge in [0.05, 0.1) is 18.7 Å². The van der Waals surface area contributed by atoms with Gasteiger partial charge in [0.25, 0.3) is 5.91 Å². The number of ketones is 1. The molecule has 0 aliphatic carbocycles. The Kier molecular flexibility index (Phi) is 11.5. The molecule has 0 saturated carbocycles. The van der Waals surface area contributed by atoms with Gasteiger partial charge in [0.15, 0.2) is 6.04 Å². The molecule has 15 heteroatoms. The Labute approximate surface area is 286 Å². The normalized spacial score (nSPS) is 15.1. The second kappa shape index (κ2) is 15.8. The highest BCUT2D eigenvalue weighted by atomic mass is 16.6. The molecule has 1 aliphatic rings. The number of esters is 1. The predicted octanol–water partition coefficient (Wildman–Crippen LogP) is 2.99. The maximum Gasteiger partial charge on any atom is 0.408 e. The SMILES string of the molecule is CC(C)(C)OC(=O)NC(CCOc1ccc(C(=O)C(=O)NC2CN(C(C(=O)O)c3ccc(OC(=O)c4ccccc4)cc3)C2=O)cc1)C(=O)O. The summed E-state index contributed by atoms with van der Waals surface area (Å²) in [4.78, 5) is 87.1.